The Hall–Kier alpha value is -0.348. The first kappa shape index (κ1) is 10.2. The Morgan fingerprint density at radius 1 is 0.643 bits per heavy atom. The number of hydrogen-bond donors (Lipinski definition) is 0. The summed E-state index contributed by atoms with van der Waals surface area (Å²) in [7, 11) is 6.55. The average Bonchev–Trinajstić information content (AvgIpc) is 2.30. The molecular formula is C12H11ClPb. The second-order valence-electron chi connectivity index (χ2n) is 3.18. The van der Waals surface area contributed by atoms with Crippen LogP contribution in [0.3, 0.4) is 0 Å². The molecule has 2 heteroatoms. The molecule has 0 amide bonds. The summed E-state index contributed by atoms with van der Waals surface area (Å²) < 4.78 is 2.72. The van der Waals surface area contributed by atoms with E-state index in [1.165, 1.54) is 6.25 Å². The molecule has 2 rings (SSSR count). The van der Waals surface area contributed by atoms with Crippen molar-refractivity contribution in [1.82, 2.24) is 0 Å². The van der Waals surface area contributed by atoms with Crippen LogP contribution in [0.4, 0.5) is 0 Å². The number of hydrogen-bond acceptors (Lipinski definition) is 0. The van der Waals surface area contributed by atoms with E-state index in [2.05, 4.69) is 48.5 Å². The quantitative estimate of drug-likeness (QED) is 0.677. The van der Waals surface area contributed by atoms with Crippen LogP contribution in [0.15, 0.2) is 60.7 Å². The van der Waals surface area contributed by atoms with E-state index in [4.69, 9.17) is 8.32 Å². The first-order chi connectivity index (χ1) is 6.88. The third-order valence-corrected chi connectivity index (χ3v) is 14.1. The van der Waals surface area contributed by atoms with Gasteiger partial charge in [-0.25, -0.2) is 0 Å². The summed E-state index contributed by atoms with van der Waals surface area (Å²) in [6.45, 7) is 0. The van der Waals surface area contributed by atoms with Crippen molar-refractivity contribution in [3.05, 3.63) is 60.7 Å². The molecule has 2 aromatic carbocycles. The molecule has 0 nitrogen and oxygen atoms in total. The van der Waals surface area contributed by atoms with Crippen LogP contribution >= 0.6 is 8.32 Å². The Bertz CT molecular complexity index is 346. The summed E-state index contributed by atoms with van der Waals surface area (Å²) in [5.41, 5.74) is 0. The molecule has 2 aromatic rings. The van der Waals surface area contributed by atoms with Crippen LogP contribution in [-0.4, -0.2) is 21.5 Å². The summed E-state index contributed by atoms with van der Waals surface area (Å²) >= 11 is -2.29. The van der Waals surface area contributed by atoms with E-state index >= 15 is 0 Å². The predicted octanol–water partition coefficient (Wildman–Crippen LogP) is 1.76. The van der Waals surface area contributed by atoms with E-state index < -0.39 is 21.5 Å². The maximum atomic E-state index is 6.55. The van der Waals surface area contributed by atoms with Crippen molar-refractivity contribution in [3.8, 4) is 0 Å². The van der Waals surface area contributed by atoms with Gasteiger partial charge in [-0.05, 0) is 0 Å². The number of benzene rings is 2. The predicted molar refractivity (Wildman–Crippen MR) is 65.2 cm³/mol. The summed E-state index contributed by atoms with van der Waals surface area (Å²) in [4.78, 5) is 0. The zero-order valence-corrected chi connectivity index (χ0v) is 13.0. The first-order valence-corrected chi connectivity index (χ1v) is 14.6. The summed E-state index contributed by atoms with van der Waals surface area (Å²) in [5, 5.41) is 0. The van der Waals surface area contributed by atoms with Crippen molar-refractivity contribution in [2.45, 2.75) is 0 Å². The molecule has 0 aliphatic heterocycles. The van der Waals surface area contributed by atoms with Gasteiger partial charge in [-0.15, -0.1) is 0 Å². The minimum absolute atomic E-state index is 1.36. The molecule has 0 bridgehead atoms. The molecule has 14 heavy (non-hydrogen) atoms. The van der Waals surface area contributed by atoms with Gasteiger partial charge in [-0.3, -0.25) is 0 Å². The Morgan fingerprint density at radius 2 is 1.00 bits per heavy atom. The summed E-state index contributed by atoms with van der Waals surface area (Å²) in [5.74, 6) is 0. The van der Waals surface area contributed by atoms with Crippen molar-refractivity contribution < 1.29 is 0 Å². The molecule has 0 fully saturated rings. The van der Waals surface area contributed by atoms with Crippen LogP contribution in [0.25, 0.3) is 0 Å². The molecule has 0 spiro atoms. The van der Waals surface area contributed by atoms with Crippen molar-refractivity contribution in [2.24, 2.45) is 0 Å². The molecule has 0 aliphatic carbocycles. The van der Waals surface area contributed by atoms with E-state index in [9.17, 15) is 0 Å². The van der Waals surface area contributed by atoms with Crippen LogP contribution < -0.4 is 6.25 Å². The SMILES string of the molecule is [Cl][PbH]([c]1ccccc1)[c]1ccccc1. The fourth-order valence-corrected chi connectivity index (χ4v) is 9.84. The molecule has 0 aliphatic rings. The Morgan fingerprint density at radius 3 is 1.36 bits per heavy atom. The molecule has 70 valence electrons. The van der Waals surface area contributed by atoms with Gasteiger partial charge in [-0.1, -0.05) is 0 Å². The fraction of sp³-hybridized carbons (Fsp3) is 0. The van der Waals surface area contributed by atoms with E-state index in [0.29, 0.717) is 0 Å². The maximum absolute atomic E-state index is 6.55. The molecule has 0 unspecified atom stereocenters. The molecule has 0 heterocycles. The zero-order chi connectivity index (χ0) is 9.80. The zero-order valence-electron chi connectivity index (χ0n) is 7.73. The molecule has 0 saturated carbocycles. The Kier molecular flexibility index (Phi) is 3.59. The van der Waals surface area contributed by atoms with E-state index in [1.807, 2.05) is 12.1 Å². The van der Waals surface area contributed by atoms with Gasteiger partial charge in [0.05, 0.1) is 0 Å². The van der Waals surface area contributed by atoms with Gasteiger partial charge < -0.3 is 0 Å². The van der Waals surface area contributed by atoms with Crippen LogP contribution in [0.2, 0.25) is 0 Å². The Labute approximate surface area is 96.1 Å². The Balaban J connectivity index is 2.30. The van der Waals surface area contributed by atoms with Gasteiger partial charge in [0, 0.05) is 0 Å². The molecule has 0 aromatic heterocycles. The van der Waals surface area contributed by atoms with Crippen molar-refractivity contribution >= 4 is 36.0 Å². The van der Waals surface area contributed by atoms with Gasteiger partial charge in [-0.2, -0.15) is 0 Å². The fourth-order valence-electron chi connectivity index (χ4n) is 1.44. The topological polar surface area (TPSA) is 0 Å². The summed E-state index contributed by atoms with van der Waals surface area (Å²) in [6.07, 6.45) is 0. The van der Waals surface area contributed by atoms with Crippen LogP contribution in [0.5, 0.6) is 0 Å². The third kappa shape index (κ3) is 2.36. The first-order valence-electron chi connectivity index (χ1n) is 4.62. The molecule has 0 N–H and O–H groups in total. The van der Waals surface area contributed by atoms with Gasteiger partial charge in [0.25, 0.3) is 0 Å². The summed E-state index contributed by atoms with van der Waals surface area (Å²) in [6, 6.07) is 20.9. The van der Waals surface area contributed by atoms with Crippen molar-refractivity contribution in [2.75, 3.05) is 0 Å². The van der Waals surface area contributed by atoms with Gasteiger partial charge in [0.1, 0.15) is 0 Å². The molecular weight excluding hydrogens is 387 g/mol. The van der Waals surface area contributed by atoms with Crippen LogP contribution in [0.1, 0.15) is 0 Å². The molecule has 0 saturated heterocycles. The monoisotopic (exact) mass is 398 g/mol. The van der Waals surface area contributed by atoms with E-state index in [0.717, 1.165) is 0 Å². The van der Waals surface area contributed by atoms with Gasteiger partial charge in [0.15, 0.2) is 0 Å². The van der Waals surface area contributed by atoms with Crippen molar-refractivity contribution in [3.63, 3.8) is 0 Å². The van der Waals surface area contributed by atoms with E-state index in [1.54, 1.807) is 0 Å². The third-order valence-electron chi connectivity index (χ3n) is 2.18. The van der Waals surface area contributed by atoms with E-state index in [-0.39, 0.29) is 0 Å². The van der Waals surface area contributed by atoms with Crippen LogP contribution in [-0.2, 0) is 0 Å². The number of halogens is 1. The average molecular weight is 398 g/mol. The van der Waals surface area contributed by atoms with Gasteiger partial charge in [0.2, 0.25) is 0 Å². The molecule has 0 radical (unpaired) electrons. The van der Waals surface area contributed by atoms with Crippen LogP contribution in [0, 0.1) is 0 Å². The van der Waals surface area contributed by atoms with Crippen molar-refractivity contribution in [1.29, 1.82) is 0 Å². The standard InChI is InChI=1S/2C6H5.ClH.Pb.H/c2*1-2-4-6-5-3-1;;;/h2*1-5H;1H;;/q;;;+1;/p-1. The second-order valence-corrected chi connectivity index (χ2v) is 15.0. The molecule has 0 atom stereocenters. The normalized spacial score (nSPS) is 10.4. The van der Waals surface area contributed by atoms with Gasteiger partial charge >= 0.3 is 96.7 Å². The number of rotatable bonds is 2. The second kappa shape index (κ2) is 4.94. The minimum atomic E-state index is -2.29.